The average molecular weight is 229 g/mol. The molecule has 1 heterocycles. The molecular formula is C9H11NO4S. The first-order valence-corrected chi connectivity index (χ1v) is 6.27. The van der Waals surface area contributed by atoms with Crippen LogP contribution in [0.3, 0.4) is 0 Å². The van der Waals surface area contributed by atoms with Crippen molar-refractivity contribution in [3.63, 3.8) is 0 Å². The molecular weight excluding hydrogens is 218 g/mol. The van der Waals surface area contributed by atoms with Crippen LogP contribution in [-0.2, 0) is 9.84 Å². The summed E-state index contributed by atoms with van der Waals surface area (Å²) in [5.74, 6) is 0.652. The molecule has 1 aromatic carbocycles. The molecule has 0 saturated heterocycles. The van der Waals surface area contributed by atoms with Crippen LogP contribution in [0.5, 0.6) is 11.5 Å². The maximum Gasteiger partial charge on any atom is 0.182 e. The zero-order valence-corrected chi connectivity index (χ0v) is 9.00. The van der Waals surface area contributed by atoms with E-state index in [-0.39, 0.29) is 16.3 Å². The predicted octanol–water partition coefficient (Wildman–Crippen LogP) is 0.444. The summed E-state index contributed by atoms with van der Waals surface area (Å²) in [5.41, 5.74) is 5.80. The van der Waals surface area contributed by atoms with Gasteiger partial charge in [-0.25, -0.2) is 8.42 Å². The number of fused-ring (bicyclic) bond motifs is 1. The monoisotopic (exact) mass is 229 g/mol. The fourth-order valence-electron chi connectivity index (χ4n) is 1.49. The van der Waals surface area contributed by atoms with E-state index in [0.29, 0.717) is 19.0 Å². The lowest BCUT2D eigenvalue weighted by Crippen LogP contribution is -2.18. The van der Waals surface area contributed by atoms with Gasteiger partial charge in [-0.15, -0.1) is 0 Å². The molecule has 5 nitrogen and oxygen atoms in total. The minimum absolute atomic E-state index is 0.0136. The highest BCUT2D eigenvalue weighted by Gasteiger charge is 2.24. The highest BCUT2D eigenvalue weighted by molar-refractivity contribution is 7.91. The number of nitrogen functional groups attached to an aromatic ring is 1. The van der Waals surface area contributed by atoms with Gasteiger partial charge in [-0.3, -0.25) is 0 Å². The van der Waals surface area contributed by atoms with Crippen LogP contribution in [0.1, 0.15) is 0 Å². The normalized spacial score (nSPS) is 15.0. The number of rotatable bonds is 1. The lowest BCUT2D eigenvalue weighted by molar-refractivity contribution is 0.167. The van der Waals surface area contributed by atoms with Crippen molar-refractivity contribution in [2.24, 2.45) is 0 Å². The van der Waals surface area contributed by atoms with Crippen molar-refractivity contribution >= 4 is 15.5 Å². The largest absolute Gasteiger partial charge is 0.486 e. The smallest absolute Gasteiger partial charge is 0.182 e. The number of nitrogens with two attached hydrogens (primary N) is 1. The number of hydrogen-bond donors (Lipinski definition) is 1. The first-order chi connectivity index (χ1) is 7.00. The van der Waals surface area contributed by atoms with E-state index < -0.39 is 9.84 Å². The second-order valence-corrected chi connectivity index (χ2v) is 5.23. The van der Waals surface area contributed by atoms with Gasteiger partial charge in [-0.05, 0) is 12.1 Å². The van der Waals surface area contributed by atoms with Gasteiger partial charge < -0.3 is 15.2 Å². The van der Waals surface area contributed by atoms with Gasteiger partial charge in [0, 0.05) is 6.26 Å². The van der Waals surface area contributed by atoms with Crippen LogP contribution in [0.2, 0.25) is 0 Å². The quantitative estimate of drug-likeness (QED) is 0.707. The third-order valence-corrected chi connectivity index (χ3v) is 3.23. The molecule has 0 radical (unpaired) electrons. The minimum atomic E-state index is -3.40. The van der Waals surface area contributed by atoms with E-state index in [4.69, 9.17) is 15.2 Å². The van der Waals surface area contributed by atoms with E-state index in [0.717, 1.165) is 6.26 Å². The maximum absolute atomic E-state index is 11.5. The zero-order valence-electron chi connectivity index (χ0n) is 8.19. The van der Waals surface area contributed by atoms with Crippen LogP contribution >= 0.6 is 0 Å². The molecule has 6 heteroatoms. The lowest BCUT2D eigenvalue weighted by Gasteiger charge is -2.21. The van der Waals surface area contributed by atoms with Crippen molar-refractivity contribution in [2.75, 3.05) is 25.2 Å². The summed E-state index contributed by atoms with van der Waals surface area (Å²) in [6.07, 6.45) is 1.09. The summed E-state index contributed by atoms with van der Waals surface area (Å²) >= 11 is 0. The summed E-state index contributed by atoms with van der Waals surface area (Å²) in [7, 11) is -3.40. The van der Waals surface area contributed by atoms with Crippen molar-refractivity contribution in [1.29, 1.82) is 0 Å². The SMILES string of the molecule is CS(=O)(=O)c1c(N)ccc2c1OCCO2. The van der Waals surface area contributed by atoms with Crippen LogP contribution in [0, 0.1) is 0 Å². The Hall–Kier alpha value is -1.43. The van der Waals surface area contributed by atoms with Crippen molar-refractivity contribution in [3.05, 3.63) is 12.1 Å². The Kier molecular flexibility index (Phi) is 2.22. The molecule has 0 aromatic heterocycles. The molecule has 0 unspecified atom stereocenters. The van der Waals surface area contributed by atoms with E-state index in [1.807, 2.05) is 0 Å². The molecule has 1 aromatic rings. The molecule has 0 fully saturated rings. The minimum Gasteiger partial charge on any atom is -0.486 e. The molecule has 15 heavy (non-hydrogen) atoms. The van der Waals surface area contributed by atoms with Gasteiger partial charge in [0.05, 0.1) is 5.69 Å². The molecule has 0 saturated carbocycles. The molecule has 1 aliphatic rings. The summed E-state index contributed by atoms with van der Waals surface area (Å²) in [4.78, 5) is 0.0136. The number of hydrogen-bond acceptors (Lipinski definition) is 5. The van der Waals surface area contributed by atoms with E-state index >= 15 is 0 Å². The second kappa shape index (κ2) is 3.30. The number of benzene rings is 1. The van der Waals surface area contributed by atoms with Gasteiger partial charge in [0.1, 0.15) is 18.1 Å². The van der Waals surface area contributed by atoms with Crippen molar-refractivity contribution in [2.45, 2.75) is 4.90 Å². The Morgan fingerprint density at radius 3 is 2.60 bits per heavy atom. The number of ether oxygens (including phenoxy) is 2. The van der Waals surface area contributed by atoms with Crippen LogP contribution in [-0.4, -0.2) is 27.9 Å². The summed E-state index contributed by atoms with van der Waals surface area (Å²) in [5, 5.41) is 0. The molecule has 0 amide bonds. The second-order valence-electron chi connectivity index (χ2n) is 3.28. The van der Waals surface area contributed by atoms with Crippen molar-refractivity contribution in [3.8, 4) is 11.5 Å². The first-order valence-electron chi connectivity index (χ1n) is 4.38. The van der Waals surface area contributed by atoms with Gasteiger partial charge in [0.15, 0.2) is 21.3 Å². The van der Waals surface area contributed by atoms with Crippen LogP contribution in [0.25, 0.3) is 0 Å². The van der Waals surface area contributed by atoms with E-state index in [2.05, 4.69) is 0 Å². The number of sulfone groups is 1. The van der Waals surface area contributed by atoms with Crippen LogP contribution < -0.4 is 15.2 Å². The fraction of sp³-hybridized carbons (Fsp3) is 0.333. The Bertz CT molecular complexity index is 495. The third kappa shape index (κ3) is 1.72. The highest BCUT2D eigenvalue weighted by Crippen LogP contribution is 2.39. The van der Waals surface area contributed by atoms with Crippen LogP contribution in [0.4, 0.5) is 5.69 Å². The van der Waals surface area contributed by atoms with Gasteiger partial charge in [0.25, 0.3) is 0 Å². The Balaban J connectivity index is 2.71. The van der Waals surface area contributed by atoms with E-state index in [1.165, 1.54) is 6.07 Å². The summed E-state index contributed by atoms with van der Waals surface area (Å²) < 4.78 is 33.6. The maximum atomic E-state index is 11.5. The zero-order chi connectivity index (χ0) is 11.1. The molecule has 2 N–H and O–H groups in total. The lowest BCUT2D eigenvalue weighted by atomic mass is 10.2. The van der Waals surface area contributed by atoms with Gasteiger partial charge in [-0.1, -0.05) is 0 Å². The predicted molar refractivity (Wildman–Crippen MR) is 55.0 cm³/mol. The average Bonchev–Trinajstić information content (AvgIpc) is 2.15. The number of anilines is 1. The molecule has 0 atom stereocenters. The molecule has 0 bridgehead atoms. The Morgan fingerprint density at radius 2 is 1.93 bits per heavy atom. The molecule has 0 aliphatic carbocycles. The van der Waals surface area contributed by atoms with E-state index in [9.17, 15) is 8.42 Å². The molecule has 82 valence electrons. The molecule has 1 aliphatic heterocycles. The summed E-state index contributed by atoms with van der Waals surface area (Å²) in [6.45, 7) is 0.749. The van der Waals surface area contributed by atoms with Gasteiger partial charge in [-0.2, -0.15) is 0 Å². The van der Waals surface area contributed by atoms with E-state index in [1.54, 1.807) is 6.07 Å². The fourth-order valence-corrected chi connectivity index (χ4v) is 2.48. The van der Waals surface area contributed by atoms with Crippen molar-refractivity contribution < 1.29 is 17.9 Å². The first kappa shape index (κ1) is 10.1. The standard InChI is InChI=1S/C9H11NO4S/c1-15(11,12)9-6(10)2-3-7-8(9)14-5-4-13-7/h2-3H,4-5,10H2,1H3. The van der Waals surface area contributed by atoms with Crippen molar-refractivity contribution in [1.82, 2.24) is 0 Å². The summed E-state index contributed by atoms with van der Waals surface area (Å²) in [6, 6.07) is 3.11. The Labute approximate surface area is 87.7 Å². The third-order valence-electron chi connectivity index (χ3n) is 2.06. The highest BCUT2D eigenvalue weighted by atomic mass is 32.2. The van der Waals surface area contributed by atoms with Crippen LogP contribution in [0.15, 0.2) is 17.0 Å². The van der Waals surface area contributed by atoms with Gasteiger partial charge >= 0.3 is 0 Å². The Morgan fingerprint density at radius 1 is 1.27 bits per heavy atom. The van der Waals surface area contributed by atoms with Gasteiger partial charge in [0.2, 0.25) is 0 Å². The topological polar surface area (TPSA) is 78.6 Å². The molecule has 2 rings (SSSR count). The molecule has 0 spiro atoms.